The smallest absolute Gasteiger partial charge is 0.258 e. The molecule has 0 aliphatic carbocycles. The van der Waals surface area contributed by atoms with Crippen LogP contribution in [0.15, 0.2) is 42.5 Å². The predicted molar refractivity (Wildman–Crippen MR) is 63.5 cm³/mol. The van der Waals surface area contributed by atoms with Crippen molar-refractivity contribution < 1.29 is 9.31 Å². The highest BCUT2D eigenvalue weighted by molar-refractivity contribution is 6.33. The van der Waals surface area contributed by atoms with E-state index in [1.165, 1.54) is 18.2 Å². The molecule has 2 aromatic carbocycles. The molecule has 86 valence electrons. The fourth-order valence-corrected chi connectivity index (χ4v) is 1.84. The molecule has 0 atom stereocenters. The van der Waals surface area contributed by atoms with Gasteiger partial charge in [-0.1, -0.05) is 23.7 Å². The zero-order chi connectivity index (χ0) is 12.4. The number of nitro groups is 1. The van der Waals surface area contributed by atoms with Gasteiger partial charge in [-0.25, -0.2) is 4.39 Å². The van der Waals surface area contributed by atoms with Gasteiger partial charge in [0.15, 0.2) is 0 Å². The van der Waals surface area contributed by atoms with Crippen LogP contribution in [0.3, 0.4) is 0 Å². The SMILES string of the molecule is O=[N+]([O-])c1ccccc1-c1ccc(F)cc1Cl. The Bertz CT molecular complexity index is 586. The first-order chi connectivity index (χ1) is 8.09. The van der Waals surface area contributed by atoms with Crippen molar-refractivity contribution >= 4 is 17.3 Å². The molecule has 3 nitrogen and oxygen atoms in total. The van der Waals surface area contributed by atoms with Crippen LogP contribution >= 0.6 is 11.6 Å². The minimum absolute atomic E-state index is 0.0546. The molecule has 0 aliphatic heterocycles. The van der Waals surface area contributed by atoms with Gasteiger partial charge >= 0.3 is 0 Å². The molecule has 0 N–H and O–H groups in total. The lowest BCUT2D eigenvalue weighted by atomic mass is 10.0. The van der Waals surface area contributed by atoms with Crippen LogP contribution in [0.1, 0.15) is 0 Å². The Morgan fingerprint density at radius 1 is 1.12 bits per heavy atom. The fraction of sp³-hybridized carbons (Fsp3) is 0. The van der Waals surface area contributed by atoms with Gasteiger partial charge in [0.25, 0.3) is 5.69 Å². The number of para-hydroxylation sites is 1. The van der Waals surface area contributed by atoms with Crippen LogP contribution in [0.2, 0.25) is 5.02 Å². The summed E-state index contributed by atoms with van der Waals surface area (Å²) < 4.78 is 12.9. The lowest BCUT2D eigenvalue weighted by molar-refractivity contribution is -0.384. The maximum Gasteiger partial charge on any atom is 0.277 e. The Labute approximate surface area is 102 Å². The summed E-state index contributed by atoms with van der Waals surface area (Å²) in [6.07, 6.45) is 0. The van der Waals surface area contributed by atoms with E-state index >= 15 is 0 Å². The lowest BCUT2D eigenvalue weighted by Gasteiger charge is -2.05. The quantitative estimate of drug-likeness (QED) is 0.597. The van der Waals surface area contributed by atoms with Crippen molar-refractivity contribution in [2.24, 2.45) is 0 Å². The third kappa shape index (κ3) is 2.26. The Balaban J connectivity index is 2.64. The second-order valence-electron chi connectivity index (χ2n) is 3.40. The number of benzene rings is 2. The minimum atomic E-state index is -0.491. The molecule has 0 spiro atoms. The lowest BCUT2D eigenvalue weighted by Crippen LogP contribution is -1.92. The molecule has 0 aliphatic rings. The number of nitro benzene ring substituents is 1. The standard InChI is InChI=1S/C12H7ClFNO2/c13-11-7-8(14)5-6-9(11)10-3-1-2-4-12(10)15(16)17/h1-7H. The Morgan fingerprint density at radius 2 is 1.82 bits per heavy atom. The summed E-state index contributed by atoms with van der Waals surface area (Å²) in [6.45, 7) is 0. The first-order valence-electron chi connectivity index (χ1n) is 4.78. The van der Waals surface area contributed by atoms with Crippen LogP contribution in [0.4, 0.5) is 10.1 Å². The van der Waals surface area contributed by atoms with Gasteiger partial charge in [-0.05, 0) is 24.3 Å². The van der Waals surface area contributed by atoms with Crippen molar-refractivity contribution in [2.75, 3.05) is 0 Å². The predicted octanol–water partition coefficient (Wildman–Crippen LogP) is 4.05. The van der Waals surface area contributed by atoms with Crippen LogP contribution in [0, 0.1) is 15.9 Å². The van der Waals surface area contributed by atoms with Gasteiger partial charge in [0.1, 0.15) is 5.82 Å². The van der Waals surface area contributed by atoms with E-state index < -0.39 is 10.7 Å². The molecule has 2 rings (SSSR count). The van der Waals surface area contributed by atoms with E-state index in [4.69, 9.17) is 11.6 Å². The van der Waals surface area contributed by atoms with Crippen LogP contribution in [0.5, 0.6) is 0 Å². The van der Waals surface area contributed by atoms with Crippen molar-refractivity contribution in [2.45, 2.75) is 0 Å². The van der Waals surface area contributed by atoms with E-state index in [1.54, 1.807) is 18.2 Å². The second-order valence-corrected chi connectivity index (χ2v) is 3.81. The number of halogens is 2. The highest BCUT2D eigenvalue weighted by Gasteiger charge is 2.16. The van der Waals surface area contributed by atoms with Crippen molar-refractivity contribution in [3.05, 3.63) is 63.4 Å². The van der Waals surface area contributed by atoms with Crippen molar-refractivity contribution in [3.8, 4) is 11.1 Å². The van der Waals surface area contributed by atoms with Gasteiger partial charge in [0.05, 0.1) is 15.5 Å². The van der Waals surface area contributed by atoms with Gasteiger partial charge < -0.3 is 0 Å². The summed E-state index contributed by atoms with van der Waals surface area (Å²) in [7, 11) is 0. The number of hydrogen-bond donors (Lipinski definition) is 0. The number of hydrogen-bond acceptors (Lipinski definition) is 2. The van der Waals surface area contributed by atoms with Crippen LogP contribution in [-0.4, -0.2) is 4.92 Å². The third-order valence-corrected chi connectivity index (χ3v) is 2.63. The zero-order valence-corrected chi connectivity index (χ0v) is 9.32. The van der Waals surface area contributed by atoms with Crippen molar-refractivity contribution in [1.29, 1.82) is 0 Å². The van der Waals surface area contributed by atoms with E-state index in [9.17, 15) is 14.5 Å². The topological polar surface area (TPSA) is 43.1 Å². The summed E-state index contributed by atoms with van der Waals surface area (Å²) in [5.41, 5.74) is 0.767. The second kappa shape index (κ2) is 4.51. The molecular weight excluding hydrogens is 245 g/mol. The van der Waals surface area contributed by atoms with E-state index in [0.717, 1.165) is 6.07 Å². The van der Waals surface area contributed by atoms with Crippen molar-refractivity contribution in [3.63, 3.8) is 0 Å². The van der Waals surface area contributed by atoms with E-state index in [2.05, 4.69) is 0 Å². The minimum Gasteiger partial charge on any atom is -0.258 e. The Kier molecular flexibility index (Phi) is 3.06. The summed E-state index contributed by atoms with van der Waals surface area (Å²) in [5.74, 6) is -0.475. The maximum atomic E-state index is 12.9. The normalized spacial score (nSPS) is 10.2. The average molecular weight is 252 g/mol. The third-order valence-electron chi connectivity index (χ3n) is 2.32. The molecule has 0 heterocycles. The Morgan fingerprint density at radius 3 is 2.47 bits per heavy atom. The first-order valence-corrected chi connectivity index (χ1v) is 5.16. The molecule has 5 heteroatoms. The Hall–Kier alpha value is -1.94. The van der Waals surface area contributed by atoms with Crippen molar-refractivity contribution in [1.82, 2.24) is 0 Å². The van der Waals surface area contributed by atoms with Gasteiger partial charge in [-0.2, -0.15) is 0 Å². The van der Waals surface area contributed by atoms with Crippen LogP contribution in [0.25, 0.3) is 11.1 Å². The molecule has 17 heavy (non-hydrogen) atoms. The van der Waals surface area contributed by atoms with Gasteiger partial charge in [-0.3, -0.25) is 10.1 Å². The van der Waals surface area contributed by atoms with Gasteiger partial charge in [0.2, 0.25) is 0 Å². The molecule has 0 aromatic heterocycles. The van der Waals surface area contributed by atoms with E-state index in [1.807, 2.05) is 0 Å². The molecule has 0 unspecified atom stereocenters. The zero-order valence-electron chi connectivity index (χ0n) is 8.56. The summed E-state index contributed by atoms with van der Waals surface area (Å²) in [4.78, 5) is 10.4. The highest BCUT2D eigenvalue weighted by Crippen LogP contribution is 2.34. The molecular formula is C12H7ClFNO2. The molecule has 0 saturated carbocycles. The van der Waals surface area contributed by atoms with Crippen LogP contribution in [-0.2, 0) is 0 Å². The van der Waals surface area contributed by atoms with E-state index in [0.29, 0.717) is 11.1 Å². The molecule has 0 amide bonds. The average Bonchev–Trinajstić information content (AvgIpc) is 2.29. The molecule has 0 fully saturated rings. The number of rotatable bonds is 2. The largest absolute Gasteiger partial charge is 0.277 e. The van der Waals surface area contributed by atoms with E-state index in [-0.39, 0.29) is 10.7 Å². The highest BCUT2D eigenvalue weighted by atomic mass is 35.5. The summed E-state index contributed by atoms with van der Waals surface area (Å²) in [5, 5.41) is 11.0. The molecule has 0 saturated heterocycles. The maximum absolute atomic E-state index is 12.9. The van der Waals surface area contributed by atoms with Gasteiger partial charge in [0, 0.05) is 11.6 Å². The number of nitrogens with zero attached hydrogens (tertiary/aromatic N) is 1. The summed E-state index contributed by atoms with van der Waals surface area (Å²) >= 11 is 5.88. The molecule has 0 radical (unpaired) electrons. The molecule has 2 aromatic rings. The van der Waals surface area contributed by atoms with Gasteiger partial charge in [-0.15, -0.1) is 0 Å². The monoisotopic (exact) mass is 251 g/mol. The van der Waals surface area contributed by atoms with Crippen LogP contribution < -0.4 is 0 Å². The molecule has 0 bridgehead atoms. The first kappa shape index (κ1) is 11.5. The summed E-state index contributed by atoms with van der Waals surface area (Å²) in [6, 6.07) is 9.99. The fourth-order valence-electron chi connectivity index (χ4n) is 1.57.